The number of rotatable bonds is 3. The van der Waals surface area contributed by atoms with Gasteiger partial charge in [-0.05, 0) is 53.4 Å². The molecule has 2 saturated heterocycles. The number of nitrogens with zero attached hydrogens (tertiary/aromatic N) is 1. The number of halogens is 3. The van der Waals surface area contributed by atoms with Gasteiger partial charge in [-0.3, -0.25) is 0 Å². The minimum absolute atomic E-state index is 0.0892. The molecule has 2 bridgehead atoms. The normalized spacial score (nSPS) is 26.3. The molecule has 2 fully saturated rings. The predicted molar refractivity (Wildman–Crippen MR) is 101 cm³/mol. The van der Waals surface area contributed by atoms with E-state index in [0.29, 0.717) is 12.8 Å². The molecule has 2 heterocycles. The number of benzene rings is 1. The van der Waals surface area contributed by atoms with Crippen LogP contribution in [0.15, 0.2) is 18.2 Å². The van der Waals surface area contributed by atoms with Gasteiger partial charge in [0.05, 0.1) is 5.56 Å². The van der Waals surface area contributed by atoms with Crippen molar-refractivity contribution >= 4 is 6.09 Å². The molecule has 1 aromatic rings. The number of piperidine rings is 1. The van der Waals surface area contributed by atoms with E-state index >= 15 is 8.78 Å². The Labute approximate surface area is 164 Å². The van der Waals surface area contributed by atoms with Gasteiger partial charge in [0.15, 0.2) is 0 Å². The molecule has 156 valence electrons. The summed E-state index contributed by atoms with van der Waals surface area (Å²) in [4.78, 5) is 14.1. The van der Waals surface area contributed by atoms with Gasteiger partial charge in [-0.15, -0.1) is 0 Å². The number of hydrogen-bond acceptors (Lipinski definition) is 3. The van der Waals surface area contributed by atoms with Crippen molar-refractivity contribution < 1.29 is 22.7 Å². The third kappa shape index (κ3) is 3.86. The molecule has 2 aliphatic heterocycles. The van der Waals surface area contributed by atoms with Crippen molar-refractivity contribution in [1.29, 1.82) is 0 Å². The van der Waals surface area contributed by atoms with Crippen molar-refractivity contribution in [3.05, 3.63) is 35.1 Å². The first-order valence-electron chi connectivity index (χ1n) is 9.85. The molecule has 28 heavy (non-hydrogen) atoms. The second kappa shape index (κ2) is 7.25. The SMILES string of the molecule is C[C@@H](N)c1cccc(C(F)(F)C2CC3CCC(C2)N3C(=O)OC(C)(C)C)c1F. The zero-order valence-corrected chi connectivity index (χ0v) is 16.8. The molecule has 0 saturated carbocycles. The summed E-state index contributed by atoms with van der Waals surface area (Å²) in [6.07, 6.45) is 1.14. The highest BCUT2D eigenvalue weighted by Crippen LogP contribution is 2.49. The molecule has 3 rings (SSSR count). The predicted octanol–water partition coefficient (Wildman–Crippen LogP) is 5.12. The minimum Gasteiger partial charge on any atom is -0.444 e. The molecule has 2 unspecified atom stereocenters. The van der Waals surface area contributed by atoms with Gasteiger partial charge in [0.1, 0.15) is 11.4 Å². The maximum absolute atomic E-state index is 15.3. The van der Waals surface area contributed by atoms with Crippen molar-refractivity contribution in [3.63, 3.8) is 0 Å². The number of alkyl halides is 2. The van der Waals surface area contributed by atoms with Gasteiger partial charge >= 0.3 is 6.09 Å². The topological polar surface area (TPSA) is 55.6 Å². The number of hydrogen-bond donors (Lipinski definition) is 1. The van der Waals surface area contributed by atoms with Crippen molar-refractivity contribution in [1.82, 2.24) is 4.90 Å². The van der Waals surface area contributed by atoms with Crippen LogP contribution in [0.25, 0.3) is 0 Å². The molecule has 4 nitrogen and oxygen atoms in total. The fourth-order valence-corrected chi connectivity index (χ4v) is 4.46. The molecule has 1 aromatic carbocycles. The minimum atomic E-state index is -3.32. The Morgan fingerprint density at radius 3 is 2.29 bits per heavy atom. The number of nitrogens with two attached hydrogens (primary N) is 1. The molecule has 0 aliphatic carbocycles. The quantitative estimate of drug-likeness (QED) is 0.769. The fourth-order valence-electron chi connectivity index (χ4n) is 4.46. The van der Waals surface area contributed by atoms with E-state index in [2.05, 4.69) is 0 Å². The number of fused-ring (bicyclic) bond motifs is 2. The third-order valence-corrected chi connectivity index (χ3v) is 5.73. The molecular weight excluding hydrogens is 369 g/mol. The molecule has 0 spiro atoms. The van der Waals surface area contributed by atoms with E-state index < -0.39 is 41.0 Å². The first kappa shape index (κ1) is 21.0. The monoisotopic (exact) mass is 398 g/mol. The van der Waals surface area contributed by atoms with Gasteiger partial charge < -0.3 is 15.4 Å². The fraction of sp³-hybridized carbons (Fsp3) is 0.667. The van der Waals surface area contributed by atoms with Crippen molar-refractivity contribution in [2.75, 3.05) is 0 Å². The molecule has 0 radical (unpaired) electrons. The smallest absolute Gasteiger partial charge is 0.410 e. The largest absolute Gasteiger partial charge is 0.444 e. The third-order valence-electron chi connectivity index (χ3n) is 5.73. The molecular formula is C21H29F3N2O2. The van der Waals surface area contributed by atoms with Crippen LogP contribution in [0, 0.1) is 11.7 Å². The van der Waals surface area contributed by atoms with Crippen LogP contribution in [0.3, 0.4) is 0 Å². The highest BCUT2D eigenvalue weighted by molar-refractivity contribution is 5.69. The number of carbonyl (C=O) groups excluding carboxylic acids is 1. The summed E-state index contributed by atoms with van der Waals surface area (Å²) in [7, 11) is 0. The summed E-state index contributed by atoms with van der Waals surface area (Å²) in [5.41, 5.74) is 4.57. The Morgan fingerprint density at radius 2 is 1.79 bits per heavy atom. The Kier molecular flexibility index (Phi) is 5.42. The summed E-state index contributed by atoms with van der Waals surface area (Å²) < 4.78 is 50.8. The Morgan fingerprint density at radius 1 is 1.21 bits per heavy atom. The first-order valence-corrected chi connectivity index (χ1v) is 9.85. The molecule has 3 atom stereocenters. The molecule has 7 heteroatoms. The van der Waals surface area contributed by atoms with Gasteiger partial charge in [0, 0.05) is 29.6 Å². The van der Waals surface area contributed by atoms with Gasteiger partial charge in [0.2, 0.25) is 0 Å². The molecule has 1 amide bonds. The van der Waals surface area contributed by atoms with Crippen LogP contribution in [0.5, 0.6) is 0 Å². The summed E-state index contributed by atoms with van der Waals surface area (Å²) in [6, 6.07) is 2.74. The van der Waals surface area contributed by atoms with E-state index in [0.717, 1.165) is 6.07 Å². The van der Waals surface area contributed by atoms with Gasteiger partial charge in [-0.1, -0.05) is 18.2 Å². The maximum atomic E-state index is 15.3. The van der Waals surface area contributed by atoms with Crippen LogP contribution in [0.2, 0.25) is 0 Å². The van der Waals surface area contributed by atoms with Gasteiger partial charge in [-0.2, -0.15) is 0 Å². The number of carbonyl (C=O) groups is 1. The standard InChI is InChI=1S/C21H29F3N2O2/c1-12(25)16-6-5-7-17(18(16)22)21(23,24)13-10-14-8-9-15(11-13)26(14)19(27)28-20(2,3)4/h5-7,12-15H,8-11,25H2,1-4H3/t12-,13?,14?,15?/m1/s1. The lowest BCUT2D eigenvalue weighted by molar-refractivity contribution is -0.100. The second-order valence-electron chi connectivity index (χ2n) is 9.06. The Bertz CT molecular complexity index is 732. The maximum Gasteiger partial charge on any atom is 0.410 e. The van der Waals surface area contributed by atoms with E-state index in [4.69, 9.17) is 10.5 Å². The number of ether oxygens (including phenoxy) is 1. The van der Waals surface area contributed by atoms with Crippen LogP contribution < -0.4 is 5.73 Å². The summed E-state index contributed by atoms with van der Waals surface area (Å²) >= 11 is 0. The summed E-state index contributed by atoms with van der Waals surface area (Å²) in [5.74, 6) is -5.28. The Hall–Kier alpha value is -1.76. The zero-order valence-electron chi connectivity index (χ0n) is 16.8. The first-order chi connectivity index (χ1) is 12.9. The lowest BCUT2D eigenvalue weighted by atomic mass is 9.82. The van der Waals surface area contributed by atoms with E-state index in [1.54, 1.807) is 32.6 Å². The number of amides is 1. The lowest BCUT2D eigenvalue weighted by Crippen LogP contribution is -2.50. The second-order valence-corrected chi connectivity index (χ2v) is 9.06. The summed E-state index contributed by atoms with van der Waals surface area (Å²) in [5, 5.41) is 0. The van der Waals surface area contributed by atoms with Crippen LogP contribution in [-0.4, -0.2) is 28.7 Å². The van der Waals surface area contributed by atoms with Crippen molar-refractivity contribution in [2.45, 2.75) is 83.0 Å². The van der Waals surface area contributed by atoms with Crippen molar-refractivity contribution in [3.8, 4) is 0 Å². The molecule has 2 N–H and O–H groups in total. The average molecular weight is 398 g/mol. The van der Waals surface area contributed by atoms with Crippen LogP contribution in [0.4, 0.5) is 18.0 Å². The Balaban J connectivity index is 1.82. The van der Waals surface area contributed by atoms with E-state index in [1.807, 2.05) is 0 Å². The summed E-state index contributed by atoms with van der Waals surface area (Å²) in [6.45, 7) is 6.91. The van der Waals surface area contributed by atoms with Crippen LogP contribution in [0.1, 0.15) is 70.5 Å². The lowest BCUT2D eigenvalue weighted by Gasteiger charge is -2.42. The average Bonchev–Trinajstić information content (AvgIpc) is 2.83. The van der Waals surface area contributed by atoms with Crippen molar-refractivity contribution in [2.24, 2.45) is 11.7 Å². The highest BCUT2D eigenvalue weighted by Gasteiger charge is 2.53. The van der Waals surface area contributed by atoms with Gasteiger partial charge in [-0.25, -0.2) is 18.0 Å². The van der Waals surface area contributed by atoms with Gasteiger partial charge in [0.25, 0.3) is 5.92 Å². The van der Waals surface area contributed by atoms with E-state index in [9.17, 15) is 9.18 Å². The molecule has 2 aliphatic rings. The highest BCUT2D eigenvalue weighted by atomic mass is 19.3. The molecule has 0 aromatic heterocycles. The van der Waals surface area contributed by atoms with Crippen LogP contribution in [-0.2, 0) is 10.7 Å². The van der Waals surface area contributed by atoms with Crippen LogP contribution >= 0.6 is 0 Å². The van der Waals surface area contributed by atoms with E-state index in [-0.39, 0.29) is 30.5 Å². The van der Waals surface area contributed by atoms with E-state index in [1.165, 1.54) is 12.1 Å². The zero-order chi connectivity index (χ0) is 20.9.